The molecular weight excluding hydrogens is 238 g/mol. The molecule has 4 nitrogen and oxygen atoms in total. The molecule has 0 aliphatic heterocycles. The molecule has 1 heterocycles. The zero-order valence-electron chi connectivity index (χ0n) is 9.52. The summed E-state index contributed by atoms with van der Waals surface area (Å²) in [6, 6.07) is 7.65. The van der Waals surface area contributed by atoms with Crippen LogP contribution in [0.15, 0.2) is 24.3 Å². The lowest BCUT2D eigenvalue weighted by atomic mass is 10.2. The van der Waals surface area contributed by atoms with Crippen LogP contribution in [-0.4, -0.2) is 28.0 Å². The Labute approximate surface area is 105 Å². The first-order chi connectivity index (χ1) is 8.22. The number of fused-ring (bicyclic) bond motifs is 1. The summed E-state index contributed by atoms with van der Waals surface area (Å²) in [5.74, 6) is 0.650. The van der Waals surface area contributed by atoms with Gasteiger partial charge in [-0.05, 0) is 6.42 Å². The molecular formula is C12H14ClN3O. The molecule has 5 heteroatoms. The smallest absolute Gasteiger partial charge is 0.159 e. The Hall–Kier alpha value is -1.39. The van der Waals surface area contributed by atoms with E-state index in [-0.39, 0.29) is 6.10 Å². The standard InChI is InChI=1S/C12H14ClN3O/c1-2-8(17)7-14-12-10-6-4-3-5-9(10)11(13)15-16-12/h3-6,8,17H,2,7H2,1H3,(H,14,16). The van der Waals surface area contributed by atoms with Crippen LogP contribution in [0, 0.1) is 0 Å². The third-order valence-corrected chi connectivity index (χ3v) is 2.90. The molecule has 1 aromatic heterocycles. The fourth-order valence-corrected chi connectivity index (χ4v) is 1.76. The molecule has 1 unspecified atom stereocenters. The first-order valence-corrected chi connectivity index (χ1v) is 5.93. The second-order valence-corrected chi connectivity index (χ2v) is 4.19. The molecule has 17 heavy (non-hydrogen) atoms. The summed E-state index contributed by atoms with van der Waals surface area (Å²) < 4.78 is 0. The van der Waals surface area contributed by atoms with E-state index < -0.39 is 0 Å². The maximum absolute atomic E-state index is 9.51. The van der Waals surface area contributed by atoms with Crippen LogP contribution in [0.2, 0.25) is 5.15 Å². The van der Waals surface area contributed by atoms with Crippen molar-refractivity contribution in [1.82, 2.24) is 10.2 Å². The van der Waals surface area contributed by atoms with Crippen molar-refractivity contribution in [3.63, 3.8) is 0 Å². The van der Waals surface area contributed by atoms with E-state index in [2.05, 4.69) is 15.5 Å². The highest BCUT2D eigenvalue weighted by molar-refractivity contribution is 6.34. The van der Waals surface area contributed by atoms with Gasteiger partial charge in [0, 0.05) is 17.3 Å². The second kappa shape index (κ2) is 5.29. The van der Waals surface area contributed by atoms with Crippen molar-refractivity contribution >= 4 is 28.2 Å². The molecule has 1 aromatic carbocycles. The number of nitrogens with one attached hydrogen (secondary N) is 1. The minimum Gasteiger partial charge on any atom is -0.391 e. The first-order valence-electron chi connectivity index (χ1n) is 5.55. The van der Waals surface area contributed by atoms with Gasteiger partial charge in [0.15, 0.2) is 11.0 Å². The van der Waals surface area contributed by atoms with Crippen LogP contribution in [0.1, 0.15) is 13.3 Å². The highest BCUT2D eigenvalue weighted by atomic mass is 35.5. The summed E-state index contributed by atoms with van der Waals surface area (Å²) in [5.41, 5.74) is 0. The van der Waals surface area contributed by atoms with Gasteiger partial charge in [0.1, 0.15) is 0 Å². The van der Waals surface area contributed by atoms with Crippen molar-refractivity contribution in [2.24, 2.45) is 0 Å². The molecule has 0 saturated heterocycles. The predicted octanol–water partition coefficient (Wildman–Crippen LogP) is 2.47. The van der Waals surface area contributed by atoms with Gasteiger partial charge in [-0.1, -0.05) is 42.8 Å². The van der Waals surface area contributed by atoms with Gasteiger partial charge in [-0.3, -0.25) is 0 Å². The van der Waals surface area contributed by atoms with Crippen LogP contribution >= 0.6 is 11.6 Å². The number of hydrogen-bond acceptors (Lipinski definition) is 4. The van der Waals surface area contributed by atoms with Gasteiger partial charge in [-0.25, -0.2) is 0 Å². The molecule has 0 aliphatic carbocycles. The SMILES string of the molecule is CCC(O)CNc1nnc(Cl)c2ccccc12. The average Bonchev–Trinajstić information content (AvgIpc) is 2.38. The Balaban J connectivity index is 2.32. The van der Waals surface area contributed by atoms with Gasteiger partial charge in [-0.2, -0.15) is 0 Å². The number of anilines is 1. The van der Waals surface area contributed by atoms with Gasteiger partial charge >= 0.3 is 0 Å². The van der Waals surface area contributed by atoms with Gasteiger partial charge in [0.25, 0.3) is 0 Å². The summed E-state index contributed by atoms with van der Waals surface area (Å²) in [6.45, 7) is 2.38. The van der Waals surface area contributed by atoms with Crippen molar-refractivity contribution < 1.29 is 5.11 Å². The lowest BCUT2D eigenvalue weighted by Crippen LogP contribution is -2.19. The summed E-state index contributed by atoms with van der Waals surface area (Å²) in [6.07, 6.45) is 0.317. The third kappa shape index (κ3) is 2.65. The van der Waals surface area contributed by atoms with Crippen molar-refractivity contribution in [1.29, 1.82) is 0 Å². The van der Waals surface area contributed by atoms with E-state index in [0.29, 0.717) is 23.9 Å². The molecule has 0 bridgehead atoms. The molecule has 90 valence electrons. The Morgan fingerprint density at radius 2 is 2.00 bits per heavy atom. The number of rotatable bonds is 4. The zero-order valence-corrected chi connectivity index (χ0v) is 10.3. The number of benzene rings is 1. The van der Waals surface area contributed by atoms with Gasteiger partial charge in [0.2, 0.25) is 0 Å². The molecule has 2 aromatic rings. The zero-order chi connectivity index (χ0) is 12.3. The normalized spacial score (nSPS) is 12.6. The van der Waals surface area contributed by atoms with Gasteiger partial charge < -0.3 is 10.4 Å². The number of aliphatic hydroxyl groups is 1. The Morgan fingerprint density at radius 1 is 1.29 bits per heavy atom. The fourth-order valence-electron chi connectivity index (χ4n) is 1.56. The van der Waals surface area contributed by atoms with Crippen molar-refractivity contribution in [3.05, 3.63) is 29.4 Å². The number of hydrogen-bond donors (Lipinski definition) is 2. The summed E-state index contributed by atoms with van der Waals surface area (Å²) in [5, 5.41) is 22.6. The quantitative estimate of drug-likeness (QED) is 0.877. The molecule has 0 fully saturated rings. The summed E-state index contributed by atoms with van der Waals surface area (Å²) in [4.78, 5) is 0. The maximum atomic E-state index is 9.51. The van der Waals surface area contributed by atoms with Crippen LogP contribution < -0.4 is 5.32 Å². The average molecular weight is 252 g/mol. The molecule has 0 saturated carbocycles. The Bertz CT molecular complexity index is 518. The predicted molar refractivity (Wildman–Crippen MR) is 69.3 cm³/mol. The Kier molecular flexibility index (Phi) is 3.76. The van der Waals surface area contributed by atoms with Crippen LogP contribution in [0.3, 0.4) is 0 Å². The minimum atomic E-state index is -0.383. The lowest BCUT2D eigenvalue weighted by Gasteiger charge is -2.11. The van der Waals surface area contributed by atoms with E-state index in [1.807, 2.05) is 31.2 Å². The molecule has 0 amide bonds. The Morgan fingerprint density at radius 3 is 2.71 bits per heavy atom. The van der Waals surface area contributed by atoms with Crippen LogP contribution in [0.25, 0.3) is 10.8 Å². The largest absolute Gasteiger partial charge is 0.391 e. The second-order valence-electron chi connectivity index (χ2n) is 3.83. The number of aromatic nitrogens is 2. The molecule has 1 atom stereocenters. The van der Waals surface area contributed by atoms with E-state index in [0.717, 1.165) is 10.8 Å². The van der Waals surface area contributed by atoms with Gasteiger partial charge in [-0.15, -0.1) is 10.2 Å². The van der Waals surface area contributed by atoms with E-state index in [1.165, 1.54) is 0 Å². The first kappa shape index (κ1) is 12.1. The molecule has 0 aliphatic rings. The molecule has 2 N–H and O–H groups in total. The van der Waals surface area contributed by atoms with Crippen LogP contribution in [-0.2, 0) is 0 Å². The molecule has 0 spiro atoms. The van der Waals surface area contributed by atoms with E-state index in [4.69, 9.17) is 11.6 Å². The lowest BCUT2D eigenvalue weighted by molar-refractivity contribution is 0.183. The number of nitrogens with zero attached hydrogens (tertiary/aromatic N) is 2. The maximum Gasteiger partial charge on any atom is 0.159 e. The summed E-state index contributed by atoms with van der Waals surface area (Å²) >= 11 is 5.97. The van der Waals surface area contributed by atoms with Gasteiger partial charge in [0.05, 0.1) is 6.10 Å². The fraction of sp³-hybridized carbons (Fsp3) is 0.333. The number of aliphatic hydroxyl groups excluding tert-OH is 1. The van der Waals surface area contributed by atoms with E-state index in [1.54, 1.807) is 0 Å². The summed E-state index contributed by atoms with van der Waals surface area (Å²) in [7, 11) is 0. The molecule has 0 radical (unpaired) electrons. The minimum absolute atomic E-state index is 0.383. The van der Waals surface area contributed by atoms with Crippen LogP contribution in [0.4, 0.5) is 5.82 Å². The molecule has 2 rings (SSSR count). The number of halogens is 1. The van der Waals surface area contributed by atoms with E-state index in [9.17, 15) is 5.11 Å². The highest BCUT2D eigenvalue weighted by Gasteiger charge is 2.08. The topological polar surface area (TPSA) is 58.0 Å². The highest BCUT2D eigenvalue weighted by Crippen LogP contribution is 2.25. The van der Waals surface area contributed by atoms with Crippen molar-refractivity contribution in [3.8, 4) is 0 Å². The third-order valence-electron chi connectivity index (χ3n) is 2.62. The van der Waals surface area contributed by atoms with E-state index >= 15 is 0 Å². The van der Waals surface area contributed by atoms with Crippen LogP contribution in [0.5, 0.6) is 0 Å². The van der Waals surface area contributed by atoms with Crippen molar-refractivity contribution in [2.75, 3.05) is 11.9 Å². The monoisotopic (exact) mass is 251 g/mol. The van der Waals surface area contributed by atoms with Crippen molar-refractivity contribution in [2.45, 2.75) is 19.4 Å².